The minimum atomic E-state index is -0.848. The molecule has 0 radical (unpaired) electrons. The summed E-state index contributed by atoms with van der Waals surface area (Å²) in [5, 5.41) is 7.09. The van der Waals surface area contributed by atoms with Gasteiger partial charge in [0.2, 0.25) is 0 Å². The highest BCUT2D eigenvalue weighted by molar-refractivity contribution is 8.03. The number of thioether (sulfide) groups is 1. The summed E-state index contributed by atoms with van der Waals surface area (Å²) in [6.45, 7) is 3.08. The van der Waals surface area contributed by atoms with Gasteiger partial charge in [-0.05, 0) is 35.4 Å². The highest BCUT2D eigenvalue weighted by Crippen LogP contribution is 2.38. The zero-order valence-electron chi connectivity index (χ0n) is 20.3. The molecule has 3 atom stereocenters. The number of carbonyl (C=O) groups excluding carboxylic acids is 3. The number of nitrogens with one attached hydrogen (secondary N) is 1. The van der Waals surface area contributed by atoms with Gasteiger partial charge >= 0.3 is 11.9 Å². The number of nitrogens with zero attached hydrogens (tertiary/aromatic N) is 1. The van der Waals surface area contributed by atoms with Gasteiger partial charge in [-0.2, -0.15) is 0 Å². The van der Waals surface area contributed by atoms with E-state index in [0.717, 1.165) is 38.0 Å². The van der Waals surface area contributed by atoms with Crippen LogP contribution in [0.4, 0.5) is 5.69 Å². The molecule has 2 bridgehead atoms. The Bertz CT molecular complexity index is 1130. The van der Waals surface area contributed by atoms with Crippen LogP contribution in [-0.2, 0) is 19.1 Å². The summed E-state index contributed by atoms with van der Waals surface area (Å²) in [6, 6.07) is 10.3. The van der Waals surface area contributed by atoms with Crippen LogP contribution in [0.5, 0.6) is 0 Å². The minimum absolute atomic E-state index is 0.0212. The van der Waals surface area contributed by atoms with E-state index in [0.29, 0.717) is 39.7 Å². The zero-order chi connectivity index (χ0) is 25.1. The van der Waals surface area contributed by atoms with Crippen LogP contribution >= 0.6 is 23.1 Å². The molecular formula is C27H31N2O5S2+. The smallest absolute Gasteiger partial charge is 0.348 e. The van der Waals surface area contributed by atoms with Gasteiger partial charge in [0.1, 0.15) is 18.0 Å². The number of thiophene rings is 1. The third-order valence-corrected chi connectivity index (χ3v) is 9.59. The second-order valence-electron chi connectivity index (χ2n) is 9.78. The Morgan fingerprint density at radius 1 is 1.14 bits per heavy atom. The Morgan fingerprint density at radius 2 is 1.92 bits per heavy atom. The number of ketones is 1. The van der Waals surface area contributed by atoms with Gasteiger partial charge in [0.15, 0.2) is 17.9 Å². The SMILES string of the molecule is COC(=O)c1sccc1C(Nc1ccccc1)C(=O)O[C@H]1C[N+]2(CC(=O)C3CC=CS3)CCC1CC2. The van der Waals surface area contributed by atoms with E-state index < -0.39 is 18.0 Å². The van der Waals surface area contributed by atoms with E-state index in [1.54, 1.807) is 23.2 Å². The van der Waals surface area contributed by atoms with Crippen molar-refractivity contribution in [3.63, 3.8) is 0 Å². The summed E-state index contributed by atoms with van der Waals surface area (Å²) in [7, 11) is 1.33. The first kappa shape index (κ1) is 25.0. The fourth-order valence-corrected chi connectivity index (χ4v) is 7.30. The number of piperidine rings is 3. The molecule has 0 spiro atoms. The molecule has 1 aromatic heterocycles. The minimum Gasteiger partial charge on any atom is -0.465 e. The molecule has 4 aliphatic heterocycles. The van der Waals surface area contributed by atoms with E-state index in [2.05, 4.69) is 11.4 Å². The second-order valence-corrected chi connectivity index (χ2v) is 11.8. The molecule has 0 aliphatic carbocycles. The predicted octanol–water partition coefficient (Wildman–Crippen LogP) is 4.43. The summed E-state index contributed by atoms with van der Waals surface area (Å²) in [5.41, 5.74) is 1.30. The molecule has 7 nitrogen and oxygen atoms in total. The summed E-state index contributed by atoms with van der Waals surface area (Å²) < 4.78 is 11.8. The average Bonchev–Trinajstić information content (AvgIpc) is 3.61. The Kier molecular flexibility index (Phi) is 7.50. The molecule has 3 saturated heterocycles. The van der Waals surface area contributed by atoms with Gasteiger partial charge in [-0.15, -0.1) is 23.1 Å². The summed E-state index contributed by atoms with van der Waals surface area (Å²) in [4.78, 5) is 39.4. The van der Waals surface area contributed by atoms with Crippen molar-refractivity contribution in [3.05, 3.63) is 63.7 Å². The number of fused-ring (bicyclic) bond motifs is 3. The Morgan fingerprint density at radius 3 is 2.61 bits per heavy atom. The van der Waals surface area contributed by atoms with Crippen molar-refractivity contribution >= 4 is 46.5 Å². The number of anilines is 1. The number of methoxy groups -OCH3 is 1. The van der Waals surface area contributed by atoms with Crippen LogP contribution in [0, 0.1) is 5.92 Å². The Hall–Kier alpha value is -2.62. The van der Waals surface area contributed by atoms with E-state index in [9.17, 15) is 14.4 Å². The van der Waals surface area contributed by atoms with Crippen LogP contribution in [0.2, 0.25) is 0 Å². The van der Waals surface area contributed by atoms with E-state index in [4.69, 9.17) is 9.47 Å². The summed E-state index contributed by atoms with van der Waals surface area (Å²) in [6.07, 6.45) is 4.52. The van der Waals surface area contributed by atoms with Crippen molar-refractivity contribution in [1.29, 1.82) is 0 Å². The molecule has 190 valence electrons. The molecule has 4 aliphatic rings. The highest BCUT2D eigenvalue weighted by atomic mass is 32.2. The molecule has 6 rings (SSSR count). The quantitative estimate of drug-likeness (QED) is 0.382. The number of rotatable bonds is 9. The summed E-state index contributed by atoms with van der Waals surface area (Å²) >= 11 is 2.86. The maximum atomic E-state index is 13.7. The van der Waals surface area contributed by atoms with E-state index in [1.165, 1.54) is 18.4 Å². The first-order chi connectivity index (χ1) is 17.5. The van der Waals surface area contributed by atoms with E-state index in [-0.39, 0.29) is 11.4 Å². The molecule has 1 aromatic carbocycles. The number of para-hydroxylation sites is 1. The largest absolute Gasteiger partial charge is 0.465 e. The molecule has 2 aromatic rings. The number of benzene rings is 1. The lowest BCUT2D eigenvalue weighted by Gasteiger charge is -2.51. The number of quaternary nitrogens is 1. The number of esters is 2. The average molecular weight is 528 g/mol. The van der Waals surface area contributed by atoms with Crippen LogP contribution in [0.3, 0.4) is 0 Å². The van der Waals surface area contributed by atoms with Crippen molar-refractivity contribution in [3.8, 4) is 0 Å². The second kappa shape index (κ2) is 10.8. The lowest BCUT2D eigenvalue weighted by Crippen LogP contribution is -2.66. The molecule has 0 saturated carbocycles. The highest BCUT2D eigenvalue weighted by Gasteiger charge is 2.49. The van der Waals surface area contributed by atoms with Crippen LogP contribution in [0.25, 0.3) is 0 Å². The molecule has 3 fully saturated rings. The lowest BCUT2D eigenvalue weighted by atomic mass is 9.82. The van der Waals surface area contributed by atoms with Crippen LogP contribution in [0.1, 0.15) is 40.5 Å². The van der Waals surface area contributed by atoms with Gasteiger partial charge in [-0.1, -0.05) is 24.3 Å². The normalized spacial score (nSPS) is 27.4. The third kappa shape index (κ3) is 5.23. The molecule has 9 heteroatoms. The van der Waals surface area contributed by atoms with E-state index >= 15 is 0 Å². The lowest BCUT2D eigenvalue weighted by molar-refractivity contribution is -0.939. The molecule has 5 heterocycles. The van der Waals surface area contributed by atoms with Gasteiger partial charge < -0.3 is 19.3 Å². The van der Waals surface area contributed by atoms with Crippen molar-refractivity contribution < 1.29 is 28.3 Å². The Balaban J connectivity index is 1.34. The molecule has 2 unspecified atom stereocenters. The van der Waals surface area contributed by atoms with Crippen molar-refractivity contribution in [2.24, 2.45) is 5.92 Å². The number of ether oxygens (including phenoxy) is 2. The number of hydrogen-bond donors (Lipinski definition) is 1. The van der Waals surface area contributed by atoms with Gasteiger partial charge in [0, 0.05) is 30.0 Å². The zero-order valence-corrected chi connectivity index (χ0v) is 21.9. The number of Topliss-reactive ketones (excluding diaryl/α,β-unsaturated/α-hetero) is 1. The number of allylic oxidation sites excluding steroid dienone is 1. The standard InChI is InChI=1S/C27H31N2O5S2/c1-33-27(32)25-20(11-15-36-25)24(28-19-6-3-2-4-7-19)26(31)34-22-17-29(12-9-18(22)10-13-29)16-21(30)23-8-5-14-35-23/h2-7,11,14-15,18,22-24,28H,8-10,12-13,16-17H2,1H3/q+1/t18?,22-,23?,24?,29?/m0/s1. The van der Waals surface area contributed by atoms with E-state index in [1.807, 2.05) is 35.7 Å². The van der Waals surface area contributed by atoms with Crippen molar-refractivity contribution in [1.82, 2.24) is 0 Å². The number of hydrogen-bond acceptors (Lipinski definition) is 8. The van der Waals surface area contributed by atoms with Gasteiger partial charge in [-0.25, -0.2) is 9.59 Å². The van der Waals surface area contributed by atoms with Crippen molar-refractivity contribution in [2.45, 2.75) is 36.7 Å². The maximum absolute atomic E-state index is 13.7. The fraction of sp³-hybridized carbons (Fsp3) is 0.444. The molecule has 36 heavy (non-hydrogen) atoms. The fourth-order valence-electron chi connectivity index (χ4n) is 5.59. The van der Waals surface area contributed by atoms with Crippen molar-refractivity contribution in [2.75, 3.05) is 38.6 Å². The predicted molar refractivity (Wildman–Crippen MR) is 141 cm³/mol. The summed E-state index contributed by atoms with van der Waals surface area (Å²) in [5.74, 6) is -0.300. The first-order valence-electron chi connectivity index (χ1n) is 12.3. The molecule has 0 amide bonds. The van der Waals surface area contributed by atoms with Crippen LogP contribution in [-0.4, -0.2) is 66.8 Å². The first-order valence-corrected chi connectivity index (χ1v) is 14.2. The van der Waals surface area contributed by atoms with Crippen LogP contribution < -0.4 is 5.32 Å². The van der Waals surface area contributed by atoms with Gasteiger partial charge in [0.05, 0.1) is 25.4 Å². The molecular weight excluding hydrogens is 496 g/mol. The number of carbonyl (C=O) groups is 3. The molecule has 1 N–H and O–H groups in total. The van der Waals surface area contributed by atoms with Gasteiger partial charge in [0.25, 0.3) is 0 Å². The maximum Gasteiger partial charge on any atom is 0.348 e. The Labute approximate surface area is 219 Å². The van der Waals surface area contributed by atoms with Crippen LogP contribution in [0.15, 0.2) is 53.3 Å². The van der Waals surface area contributed by atoms with Gasteiger partial charge in [-0.3, -0.25) is 4.79 Å². The topological polar surface area (TPSA) is 81.7 Å². The third-order valence-electron chi connectivity index (χ3n) is 7.55. The monoisotopic (exact) mass is 527 g/mol.